The number of H-pyrrole nitrogens is 1. The summed E-state index contributed by atoms with van der Waals surface area (Å²) < 4.78 is 1.87. The Morgan fingerprint density at radius 3 is 3.05 bits per heavy atom. The molecule has 1 aliphatic rings. The maximum Gasteiger partial charge on any atom is 0.0534 e. The summed E-state index contributed by atoms with van der Waals surface area (Å²) in [4.78, 5) is 2.52. The maximum absolute atomic E-state index is 4.24. The van der Waals surface area contributed by atoms with Crippen LogP contribution in [0.15, 0.2) is 24.7 Å². The largest absolute Gasteiger partial charge is 0.298 e. The molecule has 1 aliphatic heterocycles. The molecule has 0 aliphatic carbocycles. The maximum atomic E-state index is 4.24. The smallest absolute Gasteiger partial charge is 0.0534 e. The molecular weight excluding hydrogens is 238 g/mol. The van der Waals surface area contributed by atoms with Gasteiger partial charge in [-0.3, -0.25) is 14.7 Å². The fourth-order valence-corrected chi connectivity index (χ4v) is 3.10. The van der Waals surface area contributed by atoms with E-state index in [1.165, 1.54) is 30.6 Å². The molecule has 3 rings (SSSR count). The number of hydrogen-bond acceptors (Lipinski definition) is 3. The zero-order valence-electron chi connectivity index (χ0n) is 11.6. The lowest BCUT2D eigenvalue weighted by atomic mass is 9.79. The van der Waals surface area contributed by atoms with Crippen LogP contribution in [0.3, 0.4) is 0 Å². The van der Waals surface area contributed by atoms with E-state index in [9.17, 15) is 0 Å². The number of rotatable bonds is 3. The van der Waals surface area contributed by atoms with Gasteiger partial charge in [0, 0.05) is 49.2 Å². The van der Waals surface area contributed by atoms with Crippen molar-refractivity contribution >= 4 is 0 Å². The minimum absolute atomic E-state index is 0.191. The van der Waals surface area contributed by atoms with E-state index in [-0.39, 0.29) is 5.41 Å². The summed E-state index contributed by atoms with van der Waals surface area (Å²) in [5, 5.41) is 11.5. The van der Waals surface area contributed by atoms with E-state index in [2.05, 4.69) is 39.4 Å². The first kappa shape index (κ1) is 12.4. The molecule has 102 valence electrons. The number of piperidine rings is 1. The molecule has 1 saturated heterocycles. The molecule has 2 aromatic heterocycles. The number of aromatic amines is 1. The molecule has 0 bridgehead atoms. The second-order valence-corrected chi connectivity index (χ2v) is 5.87. The predicted octanol–water partition coefficient (Wildman–Crippen LogP) is 1.70. The summed E-state index contributed by atoms with van der Waals surface area (Å²) in [6.07, 6.45) is 8.36. The average Bonchev–Trinajstić information content (AvgIpc) is 3.01. The second kappa shape index (κ2) is 4.81. The molecule has 19 heavy (non-hydrogen) atoms. The van der Waals surface area contributed by atoms with Crippen LogP contribution in [0.25, 0.3) is 0 Å². The van der Waals surface area contributed by atoms with E-state index < -0.39 is 0 Å². The lowest BCUT2D eigenvalue weighted by Crippen LogP contribution is -2.44. The highest BCUT2D eigenvalue weighted by Gasteiger charge is 2.33. The monoisotopic (exact) mass is 259 g/mol. The Bertz CT molecular complexity index is 530. The predicted molar refractivity (Wildman–Crippen MR) is 73.7 cm³/mol. The first-order valence-electron chi connectivity index (χ1n) is 6.85. The Morgan fingerprint density at radius 1 is 1.47 bits per heavy atom. The fraction of sp³-hybridized carbons (Fsp3) is 0.571. The van der Waals surface area contributed by atoms with Gasteiger partial charge in [-0.15, -0.1) is 0 Å². The minimum atomic E-state index is 0.191. The highest BCUT2D eigenvalue weighted by atomic mass is 15.2. The van der Waals surface area contributed by atoms with Gasteiger partial charge in [0.25, 0.3) is 0 Å². The summed E-state index contributed by atoms with van der Waals surface area (Å²) in [5.74, 6) is 0. The molecule has 0 aromatic carbocycles. The molecule has 1 fully saturated rings. The van der Waals surface area contributed by atoms with Crippen molar-refractivity contribution in [2.24, 2.45) is 7.05 Å². The average molecular weight is 259 g/mol. The number of nitrogens with zero attached hydrogens (tertiary/aromatic N) is 4. The van der Waals surface area contributed by atoms with Crippen LogP contribution < -0.4 is 0 Å². The third-order valence-electron chi connectivity index (χ3n) is 4.09. The van der Waals surface area contributed by atoms with E-state index in [1.54, 1.807) is 0 Å². The first-order chi connectivity index (χ1) is 9.16. The van der Waals surface area contributed by atoms with Gasteiger partial charge in [-0.1, -0.05) is 6.92 Å². The van der Waals surface area contributed by atoms with Crippen molar-refractivity contribution in [1.29, 1.82) is 0 Å². The SMILES string of the molecule is Cn1cc(CN2CCCC(C)(c3ccn[nH]3)C2)cn1. The van der Waals surface area contributed by atoms with Crippen LogP contribution in [0.4, 0.5) is 0 Å². The van der Waals surface area contributed by atoms with Gasteiger partial charge >= 0.3 is 0 Å². The Labute approximate surface area is 113 Å². The van der Waals surface area contributed by atoms with Gasteiger partial charge in [-0.05, 0) is 25.5 Å². The zero-order chi connectivity index (χ0) is 13.3. The van der Waals surface area contributed by atoms with Crippen molar-refractivity contribution in [3.05, 3.63) is 35.9 Å². The molecule has 0 radical (unpaired) electrons. The molecular formula is C14H21N5. The van der Waals surface area contributed by atoms with Crippen molar-refractivity contribution in [3.8, 4) is 0 Å². The fourth-order valence-electron chi connectivity index (χ4n) is 3.10. The summed E-state index contributed by atoms with van der Waals surface area (Å²) >= 11 is 0. The van der Waals surface area contributed by atoms with Gasteiger partial charge in [0.2, 0.25) is 0 Å². The van der Waals surface area contributed by atoms with Crippen LogP contribution in [-0.2, 0) is 19.0 Å². The lowest BCUT2D eigenvalue weighted by Gasteiger charge is -2.39. The van der Waals surface area contributed by atoms with E-state index in [0.29, 0.717) is 0 Å². The third-order valence-corrected chi connectivity index (χ3v) is 4.09. The molecule has 5 nitrogen and oxygen atoms in total. The molecule has 0 saturated carbocycles. The van der Waals surface area contributed by atoms with Crippen molar-refractivity contribution < 1.29 is 0 Å². The van der Waals surface area contributed by atoms with E-state index in [0.717, 1.165) is 13.1 Å². The first-order valence-corrected chi connectivity index (χ1v) is 6.85. The zero-order valence-corrected chi connectivity index (χ0v) is 11.6. The van der Waals surface area contributed by atoms with Crippen LogP contribution in [0.2, 0.25) is 0 Å². The van der Waals surface area contributed by atoms with E-state index in [4.69, 9.17) is 0 Å². The van der Waals surface area contributed by atoms with Gasteiger partial charge in [-0.2, -0.15) is 10.2 Å². The van der Waals surface area contributed by atoms with Crippen molar-refractivity contribution in [1.82, 2.24) is 24.9 Å². The van der Waals surface area contributed by atoms with Crippen LogP contribution >= 0.6 is 0 Å². The molecule has 1 atom stereocenters. The van der Waals surface area contributed by atoms with Gasteiger partial charge in [-0.25, -0.2) is 0 Å². The highest BCUT2D eigenvalue weighted by molar-refractivity contribution is 5.16. The van der Waals surface area contributed by atoms with E-state index >= 15 is 0 Å². The van der Waals surface area contributed by atoms with Crippen LogP contribution in [0.5, 0.6) is 0 Å². The highest BCUT2D eigenvalue weighted by Crippen LogP contribution is 2.32. The molecule has 1 unspecified atom stereocenters. The molecule has 2 aromatic rings. The Kier molecular flexibility index (Phi) is 3.14. The Hall–Kier alpha value is -1.62. The molecule has 0 amide bonds. The summed E-state index contributed by atoms with van der Waals surface area (Å²) in [5.41, 5.74) is 2.73. The summed E-state index contributed by atoms with van der Waals surface area (Å²) in [7, 11) is 1.97. The van der Waals surface area contributed by atoms with Gasteiger partial charge in [0.15, 0.2) is 0 Å². The lowest BCUT2D eigenvalue weighted by molar-refractivity contribution is 0.147. The van der Waals surface area contributed by atoms with Crippen LogP contribution in [0, 0.1) is 0 Å². The van der Waals surface area contributed by atoms with Crippen molar-refractivity contribution in [2.45, 2.75) is 31.7 Å². The number of likely N-dealkylation sites (tertiary alicyclic amines) is 1. The molecule has 1 N–H and O–H groups in total. The molecule has 0 spiro atoms. The number of nitrogens with one attached hydrogen (secondary N) is 1. The quantitative estimate of drug-likeness (QED) is 0.912. The van der Waals surface area contributed by atoms with Gasteiger partial charge < -0.3 is 0 Å². The Balaban J connectivity index is 1.71. The Morgan fingerprint density at radius 2 is 2.37 bits per heavy atom. The minimum Gasteiger partial charge on any atom is -0.298 e. The number of aryl methyl sites for hydroxylation is 1. The molecule has 5 heteroatoms. The number of hydrogen-bond donors (Lipinski definition) is 1. The van der Waals surface area contributed by atoms with E-state index in [1.807, 2.05) is 24.1 Å². The summed E-state index contributed by atoms with van der Waals surface area (Å²) in [6, 6.07) is 2.10. The van der Waals surface area contributed by atoms with Crippen molar-refractivity contribution in [2.75, 3.05) is 13.1 Å². The second-order valence-electron chi connectivity index (χ2n) is 5.87. The molecule has 3 heterocycles. The van der Waals surface area contributed by atoms with Crippen molar-refractivity contribution in [3.63, 3.8) is 0 Å². The standard InChI is InChI=1S/C14H21N5/c1-14(13-4-6-15-17-13)5-3-7-19(11-14)10-12-8-16-18(2)9-12/h4,6,8-9H,3,5,7,10-11H2,1-2H3,(H,15,17). The van der Waals surface area contributed by atoms with Crippen LogP contribution in [0.1, 0.15) is 31.0 Å². The van der Waals surface area contributed by atoms with Gasteiger partial charge in [0.1, 0.15) is 0 Å². The van der Waals surface area contributed by atoms with Gasteiger partial charge in [0.05, 0.1) is 6.20 Å². The number of aromatic nitrogens is 4. The third kappa shape index (κ3) is 2.56. The van der Waals surface area contributed by atoms with Crippen LogP contribution in [-0.4, -0.2) is 38.0 Å². The normalized spacial score (nSPS) is 24.7. The topological polar surface area (TPSA) is 49.7 Å². The summed E-state index contributed by atoms with van der Waals surface area (Å²) in [6.45, 7) is 5.55.